The lowest BCUT2D eigenvalue weighted by molar-refractivity contribution is -0.130. The van der Waals surface area contributed by atoms with E-state index in [1.165, 1.54) is 18.2 Å². The summed E-state index contributed by atoms with van der Waals surface area (Å²) in [5, 5.41) is 0.699. The monoisotopic (exact) mass is 463 g/mol. The largest absolute Gasteiger partial charge is 0.341 e. The van der Waals surface area contributed by atoms with E-state index in [4.69, 9.17) is 4.98 Å². The van der Waals surface area contributed by atoms with Crippen LogP contribution in [0.3, 0.4) is 0 Å². The van der Waals surface area contributed by atoms with E-state index in [0.29, 0.717) is 22.5 Å². The van der Waals surface area contributed by atoms with Gasteiger partial charge in [-0.15, -0.1) is 0 Å². The van der Waals surface area contributed by atoms with Crippen molar-refractivity contribution in [2.75, 3.05) is 18.6 Å². The van der Waals surface area contributed by atoms with Crippen molar-refractivity contribution in [1.29, 1.82) is 0 Å². The second-order valence-electron chi connectivity index (χ2n) is 8.64. The fourth-order valence-corrected chi connectivity index (χ4v) is 7.48. The molecule has 1 saturated carbocycles. The van der Waals surface area contributed by atoms with Crippen LogP contribution in [0.25, 0.3) is 10.9 Å². The van der Waals surface area contributed by atoms with Gasteiger partial charge in [0.1, 0.15) is 0 Å². The first-order valence-electron chi connectivity index (χ1n) is 10.9. The maximum Gasteiger partial charge on any atom is 0.262 e. The van der Waals surface area contributed by atoms with Crippen molar-refractivity contribution >= 4 is 38.4 Å². The first-order valence-corrected chi connectivity index (χ1v) is 13.6. The highest BCUT2D eigenvalue weighted by Crippen LogP contribution is 2.33. The van der Waals surface area contributed by atoms with Crippen molar-refractivity contribution < 1.29 is 13.2 Å². The smallest absolute Gasteiger partial charge is 0.262 e. The zero-order chi connectivity index (χ0) is 22.2. The van der Waals surface area contributed by atoms with E-state index in [1.54, 1.807) is 29.5 Å². The van der Waals surface area contributed by atoms with Crippen molar-refractivity contribution in [2.24, 2.45) is 0 Å². The number of hydrogen-bond donors (Lipinski definition) is 0. The molecule has 1 amide bonds. The zero-order valence-corrected chi connectivity index (χ0v) is 19.6. The number of aromatic nitrogens is 2. The normalized spacial score (nSPS) is 22.5. The molecule has 2 unspecified atom stereocenters. The number of hydrogen-bond acceptors (Lipinski definition) is 6. The van der Waals surface area contributed by atoms with Gasteiger partial charge in [0.2, 0.25) is 5.91 Å². The number of amides is 1. The van der Waals surface area contributed by atoms with Crippen molar-refractivity contribution in [1.82, 2.24) is 14.5 Å². The standard InChI is InChI=1S/C22H29N3O4S2/c1-15(20(26)24(2)17-12-13-31(28,29)14-17)30-22-23-19-11-7-6-10-18(19)21(27)25(22)16-8-4-3-5-9-16/h6-7,10-11,15-17H,3-5,8-9,12-14H2,1-2H3. The first kappa shape index (κ1) is 22.3. The summed E-state index contributed by atoms with van der Waals surface area (Å²) in [6.45, 7) is 1.81. The average Bonchev–Trinajstić information content (AvgIpc) is 3.13. The van der Waals surface area contributed by atoms with Crippen LogP contribution in [0, 0.1) is 0 Å². The Morgan fingerprint density at radius 2 is 1.90 bits per heavy atom. The predicted molar refractivity (Wildman–Crippen MR) is 123 cm³/mol. The minimum Gasteiger partial charge on any atom is -0.341 e. The summed E-state index contributed by atoms with van der Waals surface area (Å²) in [5.74, 6) is 0.0162. The minimum absolute atomic E-state index is 0.0215. The van der Waals surface area contributed by atoms with Crippen LogP contribution in [0.2, 0.25) is 0 Å². The Morgan fingerprint density at radius 1 is 1.19 bits per heavy atom. The lowest BCUT2D eigenvalue weighted by Crippen LogP contribution is -2.42. The topological polar surface area (TPSA) is 89.3 Å². The van der Waals surface area contributed by atoms with Gasteiger partial charge in [-0.25, -0.2) is 13.4 Å². The molecule has 9 heteroatoms. The first-order chi connectivity index (χ1) is 14.8. The summed E-state index contributed by atoms with van der Waals surface area (Å²) >= 11 is 1.30. The Hall–Kier alpha value is -1.87. The van der Waals surface area contributed by atoms with Gasteiger partial charge >= 0.3 is 0 Å². The number of rotatable bonds is 5. The third-order valence-electron chi connectivity index (χ3n) is 6.45. The maximum absolute atomic E-state index is 13.4. The van der Waals surface area contributed by atoms with Gasteiger partial charge < -0.3 is 4.90 Å². The molecule has 31 heavy (non-hydrogen) atoms. The van der Waals surface area contributed by atoms with Gasteiger partial charge in [0.15, 0.2) is 15.0 Å². The molecule has 1 aromatic heterocycles. The summed E-state index contributed by atoms with van der Waals surface area (Å²) in [7, 11) is -1.39. The molecule has 0 radical (unpaired) electrons. The lowest BCUT2D eigenvalue weighted by Gasteiger charge is -2.29. The van der Waals surface area contributed by atoms with E-state index in [9.17, 15) is 18.0 Å². The summed E-state index contributed by atoms with van der Waals surface area (Å²) in [6, 6.07) is 7.15. The van der Waals surface area contributed by atoms with Gasteiger partial charge in [-0.2, -0.15) is 0 Å². The number of thioether (sulfide) groups is 1. The highest BCUT2D eigenvalue weighted by atomic mass is 32.2. The molecule has 168 valence electrons. The van der Waals surface area contributed by atoms with Gasteiger partial charge in [0.25, 0.3) is 5.56 Å². The Morgan fingerprint density at radius 3 is 2.58 bits per heavy atom. The van der Waals surface area contributed by atoms with Crippen LogP contribution in [-0.4, -0.2) is 58.6 Å². The van der Waals surface area contributed by atoms with Crippen molar-refractivity contribution in [2.45, 2.75) is 67.9 Å². The Bertz CT molecular complexity index is 1140. The SMILES string of the molecule is CC(Sc1nc2ccccc2c(=O)n1C1CCCCC1)C(=O)N(C)C1CCS(=O)(=O)C1. The summed E-state index contributed by atoms with van der Waals surface area (Å²) in [6.07, 6.45) is 5.70. The van der Waals surface area contributed by atoms with E-state index >= 15 is 0 Å². The Labute approximate surface area is 187 Å². The molecule has 2 aromatic rings. The van der Waals surface area contributed by atoms with Crippen LogP contribution < -0.4 is 5.56 Å². The predicted octanol–water partition coefficient (Wildman–Crippen LogP) is 3.03. The van der Waals surface area contributed by atoms with Crippen molar-refractivity contribution in [3.8, 4) is 0 Å². The third-order valence-corrected chi connectivity index (χ3v) is 9.25. The van der Waals surface area contributed by atoms with E-state index in [1.807, 2.05) is 18.2 Å². The molecule has 1 saturated heterocycles. The number of nitrogens with zero attached hydrogens (tertiary/aromatic N) is 3. The number of carbonyl (C=O) groups is 1. The van der Waals surface area contributed by atoms with Gasteiger partial charge in [-0.05, 0) is 38.3 Å². The molecule has 7 nitrogen and oxygen atoms in total. The van der Waals surface area contributed by atoms with Crippen LogP contribution in [0.5, 0.6) is 0 Å². The Kier molecular flexibility index (Phi) is 6.44. The van der Waals surface area contributed by atoms with Crippen LogP contribution in [-0.2, 0) is 14.6 Å². The van der Waals surface area contributed by atoms with Crippen LogP contribution in [0.1, 0.15) is 51.5 Å². The molecule has 2 atom stereocenters. The molecule has 2 fully saturated rings. The number of benzene rings is 1. The van der Waals surface area contributed by atoms with Gasteiger partial charge in [-0.3, -0.25) is 14.2 Å². The van der Waals surface area contributed by atoms with Gasteiger partial charge in [-0.1, -0.05) is 43.2 Å². The molecular formula is C22H29N3O4S2. The average molecular weight is 464 g/mol. The second-order valence-corrected chi connectivity index (χ2v) is 12.2. The molecular weight excluding hydrogens is 434 g/mol. The highest BCUT2D eigenvalue weighted by Gasteiger charge is 2.35. The third kappa shape index (κ3) is 4.67. The fraction of sp³-hybridized carbons (Fsp3) is 0.591. The van der Waals surface area contributed by atoms with E-state index in [2.05, 4.69) is 0 Å². The number of carbonyl (C=O) groups excluding carboxylic acids is 1. The molecule has 2 aliphatic rings. The lowest BCUT2D eigenvalue weighted by atomic mass is 9.95. The second kappa shape index (κ2) is 8.94. The van der Waals surface area contributed by atoms with Crippen molar-refractivity contribution in [3.05, 3.63) is 34.6 Å². The molecule has 4 rings (SSSR count). The quantitative estimate of drug-likeness (QED) is 0.500. The summed E-state index contributed by atoms with van der Waals surface area (Å²) < 4.78 is 25.4. The molecule has 0 bridgehead atoms. The zero-order valence-electron chi connectivity index (χ0n) is 18.0. The molecule has 0 N–H and O–H groups in total. The van der Waals surface area contributed by atoms with Gasteiger partial charge in [0, 0.05) is 19.1 Å². The Balaban J connectivity index is 1.63. The van der Waals surface area contributed by atoms with E-state index in [-0.39, 0.29) is 35.1 Å². The summed E-state index contributed by atoms with van der Waals surface area (Å²) in [5.41, 5.74) is 0.590. The molecule has 1 aliphatic heterocycles. The number of para-hydroxylation sites is 1. The minimum atomic E-state index is -3.07. The maximum atomic E-state index is 13.4. The fourth-order valence-electron chi connectivity index (χ4n) is 4.63. The van der Waals surface area contributed by atoms with Crippen molar-refractivity contribution in [3.63, 3.8) is 0 Å². The van der Waals surface area contributed by atoms with Gasteiger partial charge in [0.05, 0.1) is 27.7 Å². The van der Waals surface area contributed by atoms with E-state index < -0.39 is 15.1 Å². The highest BCUT2D eigenvalue weighted by molar-refractivity contribution is 8.00. The number of fused-ring (bicyclic) bond motifs is 1. The number of sulfone groups is 1. The van der Waals surface area contributed by atoms with E-state index in [0.717, 1.165) is 25.7 Å². The molecule has 1 aromatic carbocycles. The molecule has 1 aliphatic carbocycles. The molecule has 2 heterocycles. The van der Waals surface area contributed by atoms with Crippen LogP contribution in [0.15, 0.2) is 34.2 Å². The molecule has 0 spiro atoms. The van der Waals surface area contributed by atoms with Crippen LogP contribution in [0.4, 0.5) is 0 Å². The van der Waals surface area contributed by atoms with Crippen LogP contribution >= 0.6 is 11.8 Å². The summed E-state index contributed by atoms with van der Waals surface area (Å²) in [4.78, 5) is 32.8.